The molecule has 1 aromatic heterocycles. The predicted octanol–water partition coefficient (Wildman–Crippen LogP) is 6.34. The minimum atomic E-state index is -0.625. The highest BCUT2D eigenvalue weighted by molar-refractivity contribution is 6.02. The minimum Gasteiger partial charge on any atom is -0.486 e. The van der Waals surface area contributed by atoms with Crippen LogP contribution < -0.4 is 14.8 Å². The highest BCUT2D eigenvalue weighted by atomic mass is 16.6. The van der Waals surface area contributed by atoms with Crippen LogP contribution in [0.5, 0.6) is 17.2 Å². The third-order valence-electron chi connectivity index (χ3n) is 5.25. The number of furan rings is 1. The van der Waals surface area contributed by atoms with Crippen molar-refractivity contribution in [3.05, 3.63) is 116 Å². The fraction of sp³-hybridized carbons (Fsp3) is 0.115. The quantitative estimate of drug-likeness (QED) is 0.206. The Morgan fingerprint density at radius 3 is 2.30 bits per heavy atom. The highest BCUT2D eigenvalue weighted by Gasteiger charge is 2.17. The maximum Gasteiger partial charge on any atom is 0.291 e. The van der Waals surface area contributed by atoms with E-state index in [1.165, 1.54) is 48.5 Å². The molecule has 4 aromatic rings. The number of non-ortho nitro benzene ring substituents is 2. The lowest BCUT2D eigenvalue weighted by atomic mass is 10.1. The molecule has 0 bridgehead atoms. The Kier molecular flexibility index (Phi) is 7.14. The molecule has 188 valence electrons. The third kappa shape index (κ3) is 6.28. The van der Waals surface area contributed by atoms with Gasteiger partial charge in [0.1, 0.15) is 29.6 Å². The lowest BCUT2D eigenvalue weighted by Gasteiger charge is -2.11. The topological polar surface area (TPSA) is 147 Å². The fourth-order valence-corrected chi connectivity index (χ4v) is 3.35. The maximum atomic E-state index is 12.7. The van der Waals surface area contributed by atoms with Gasteiger partial charge in [-0.15, -0.1) is 0 Å². The molecule has 0 spiro atoms. The van der Waals surface area contributed by atoms with Gasteiger partial charge in [0, 0.05) is 24.3 Å². The standard InChI is InChI=1S/C26H21N3O8/c1-16-3-4-17(2)25(11-16)37-23-13-18(12-20(14-23)29(33)34)27-26(30)24-10-9-22(36-24)15-35-21-7-5-19(6-8-21)28(31)32/h3-14H,15H2,1-2H3,(H,27,30). The van der Waals surface area contributed by atoms with Crippen LogP contribution in [0.15, 0.2) is 77.2 Å². The minimum absolute atomic E-state index is 0.0181. The van der Waals surface area contributed by atoms with Gasteiger partial charge >= 0.3 is 0 Å². The van der Waals surface area contributed by atoms with Crippen molar-refractivity contribution in [2.24, 2.45) is 0 Å². The van der Waals surface area contributed by atoms with E-state index in [9.17, 15) is 25.0 Å². The molecule has 37 heavy (non-hydrogen) atoms. The summed E-state index contributed by atoms with van der Waals surface area (Å²) in [5.74, 6) is 0.796. The first-order chi connectivity index (χ1) is 17.7. The van der Waals surface area contributed by atoms with E-state index in [2.05, 4.69) is 5.32 Å². The number of rotatable bonds is 9. The summed E-state index contributed by atoms with van der Waals surface area (Å²) in [6, 6.07) is 18.1. The summed E-state index contributed by atoms with van der Waals surface area (Å²) in [7, 11) is 0. The Labute approximate surface area is 210 Å². The summed E-state index contributed by atoms with van der Waals surface area (Å²) >= 11 is 0. The van der Waals surface area contributed by atoms with Gasteiger partial charge in [-0.1, -0.05) is 12.1 Å². The second-order valence-electron chi connectivity index (χ2n) is 8.10. The molecule has 11 heteroatoms. The molecule has 11 nitrogen and oxygen atoms in total. The molecule has 0 saturated heterocycles. The zero-order chi connectivity index (χ0) is 26.5. The zero-order valence-corrected chi connectivity index (χ0v) is 19.8. The van der Waals surface area contributed by atoms with E-state index in [-0.39, 0.29) is 35.2 Å². The first-order valence-electron chi connectivity index (χ1n) is 11.0. The molecule has 0 aliphatic heterocycles. The van der Waals surface area contributed by atoms with Gasteiger partial charge in [0.25, 0.3) is 17.3 Å². The Hall–Kier alpha value is -5.19. The summed E-state index contributed by atoms with van der Waals surface area (Å²) in [5, 5.41) is 24.8. The first-order valence-corrected chi connectivity index (χ1v) is 11.0. The van der Waals surface area contributed by atoms with Gasteiger partial charge in [-0.25, -0.2) is 0 Å². The van der Waals surface area contributed by atoms with Crippen LogP contribution in [0.3, 0.4) is 0 Å². The third-order valence-corrected chi connectivity index (χ3v) is 5.25. The van der Waals surface area contributed by atoms with Crippen molar-refractivity contribution in [3.8, 4) is 17.2 Å². The predicted molar refractivity (Wildman–Crippen MR) is 133 cm³/mol. The van der Waals surface area contributed by atoms with E-state index < -0.39 is 15.8 Å². The van der Waals surface area contributed by atoms with Crippen molar-refractivity contribution in [2.45, 2.75) is 20.5 Å². The maximum absolute atomic E-state index is 12.7. The molecule has 0 unspecified atom stereocenters. The van der Waals surface area contributed by atoms with Gasteiger partial charge in [0.2, 0.25) is 0 Å². The van der Waals surface area contributed by atoms with Gasteiger partial charge in [-0.05, 0) is 55.3 Å². The zero-order valence-electron chi connectivity index (χ0n) is 19.8. The number of nitro benzene ring substituents is 2. The monoisotopic (exact) mass is 503 g/mol. The molecule has 0 aliphatic rings. The number of nitrogens with zero attached hydrogens (tertiary/aromatic N) is 2. The van der Waals surface area contributed by atoms with E-state index in [0.29, 0.717) is 17.3 Å². The Balaban J connectivity index is 1.45. The average molecular weight is 503 g/mol. The lowest BCUT2D eigenvalue weighted by molar-refractivity contribution is -0.385. The molecule has 1 amide bonds. The van der Waals surface area contributed by atoms with E-state index in [4.69, 9.17) is 13.9 Å². The number of nitro groups is 2. The number of amides is 1. The van der Waals surface area contributed by atoms with Gasteiger partial charge in [-0.2, -0.15) is 0 Å². The summed E-state index contributed by atoms with van der Waals surface area (Å²) in [4.78, 5) is 33.8. The number of anilines is 1. The van der Waals surface area contributed by atoms with Crippen LogP contribution in [0, 0.1) is 34.1 Å². The molecule has 0 atom stereocenters. The van der Waals surface area contributed by atoms with Gasteiger partial charge < -0.3 is 19.2 Å². The van der Waals surface area contributed by atoms with Crippen molar-refractivity contribution >= 4 is 23.0 Å². The van der Waals surface area contributed by atoms with Crippen LogP contribution in [-0.2, 0) is 6.61 Å². The molecule has 4 rings (SSSR count). The van der Waals surface area contributed by atoms with Crippen molar-refractivity contribution in [2.75, 3.05) is 5.32 Å². The number of hydrogen-bond acceptors (Lipinski definition) is 8. The number of carbonyl (C=O) groups excluding carboxylic acids is 1. The Morgan fingerprint density at radius 2 is 1.59 bits per heavy atom. The van der Waals surface area contributed by atoms with Gasteiger partial charge in [0.15, 0.2) is 5.76 Å². The number of benzene rings is 3. The normalized spacial score (nSPS) is 10.5. The molecule has 1 N–H and O–H groups in total. The molecule has 1 heterocycles. The van der Waals surface area contributed by atoms with Crippen molar-refractivity contribution in [1.29, 1.82) is 0 Å². The van der Waals surface area contributed by atoms with Crippen molar-refractivity contribution in [1.82, 2.24) is 0 Å². The lowest BCUT2D eigenvalue weighted by Crippen LogP contribution is -2.11. The van der Waals surface area contributed by atoms with Crippen LogP contribution in [-0.4, -0.2) is 15.8 Å². The second kappa shape index (κ2) is 10.6. The van der Waals surface area contributed by atoms with Crippen LogP contribution in [0.25, 0.3) is 0 Å². The molecular formula is C26H21N3O8. The molecular weight excluding hydrogens is 482 g/mol. The number of aryl methyl sites for hydroxylation is 2. The van der Waals surface area contributed by atoms with Gasteiger partial charge in [0.05, 0.1) is 21.6 Å². The van der Waals surface area contributed by atoms with Crippen LogP contribution >= 0.6 is 0 Å². The summed E-state index contributed by atoms with van der Waals surface area (Å²) in [5.41, 5.74) is 1.65. The summed E-state index contributed by atoms with van der Waals surface area (Å²) in [6.07, 6.45) is 0. The summed E-state index contributed by atoms with van der Waals surface area (Å²) in [6.45, 7) is 3.74. The fourth-order valence-electron chi connectivity index (χ4n) is 3.35. The molecule has 3 aromatic carbocycles. The molecule has 0 saturated carbocycles. The average Bonchev–Trinajstić information content (AvgIpc) is 3.34. The van der Waals surface area contributed by atoms with Crippen LogP contribution in [0.2, 0.25) is 0 Å². The van der Waals surface area contributed by atoms with Gasteiger partial charge in [-0.3, -0.25) is 25.0 Å². The van der Waals surface area contributed by atoms with E-state index >= 15 is 0 Å². The molecule has 0 radical (unpaired) electrons. The highest BCUT2D eigenvalue weighted by Crippen LogP contribution is 2.32. The Morgan fingerprint density at radius 1 is 0.865 bits per heavy atom. The van der Waals surface area contributed by atoms with Crippen molar-refractivity contribution < 1.29 is 28.5 Å². The number of carbonyl (C=O) groups is 1. The largest absolute Gasteiger partial charge is 0.486 e. The van der Waals surface area contributed by atoms with Crippen LogP contribution in [0.4, 0.5) is 17.1 Å². The first kappa shape index (κ1) is 24.9. The van der Waals surface area contributed by atoms with E-state index in [1.807, 2.05) is 32.0 Å². The SMILES string of the molecule is Cc1ccc(C)c(Oc2cc(NC(=O)c3ccc(COc4ccc([N+](=O)[O-])cc4)o3)cc([N+](=O)[O-])c2)c1. The van der Waals surface area contributed by atoms with Crippen molar-refractivity contribution in [3.63, 3.8) is 0 Å². The smallest absolute Gasteiger partial charge is 0.291 e. The second-order valence-corrected chi connectivity index (χ2v) is 8.10. The number of ether oxygens (including phenoxy) is 2. The molecule has 0 aliphatic carbocycles. The van der Waals surface area contributed by atoms with E-state index in [1.54, 1.807) is 6.07 Å². The summed E-state index contributed by atoms with van der Waals surface area (Å²) < 4.78 is 16.9. The van der Waals surface area contributed by atoms with E-state index in [0.717, 1.165) is 11.1 Å². The Bertz CT molecular complexity index is 1480. The number of nitrogens with one attached hydrogen (secondary N) is 1. The number of hydrogen-bond donors (Lipinski definition) is 1. The molecule has 0 fully saturated rings. The van der Waals surface area contributed by atoms with Crippen LogP contribution in [0.1, 0.15) is 27.4 Å².